The average Bonchev–Trinajstić information content (AvgIpc) is 2.18. The average molecular weight is 257 g/mol. The lowest BCUT2D eigenvalue weighted by Crippen LogP contribution is -2.52. The molecule has 5 nitrogen and oxygen atoms in total. The van der Waals surface area contributed by atoms with Crippen LogP contribution in [-0.4, -0.2) is 34.8 Å². The zero-order valence-electron chi connectivity index (χ0n) is 10.3. The van der Waals surface area contributed by atoms with Crippen LogP contribution in [0, 0.1) is 0 Å². The van der Waals surface area contributed by atoms with E-state index in [2.05, 4.69) is 14.9 Å². The van der Waals surface area contributed by atoms with Crippen LogP contribution >= 0.6 is 11.6 Å². The molecule has 17 heavy (non-hydrogen) atoms. The van der Waals surface area contributed by atoms with Gasteiger partial charge in [0.15, 0.2) is 5.82 Å². The number of nitrogens with zero attached hydrogens (tertiary/aromatic N) is 3. The minimum Gasteiger partial charge on any atom is -0.369 e. The molecule has 0 aromatic carbocycles. The first-order valence-corrected chi connectivity index (χ1v) is 5.96. The molecule has 2 heterocycles. The van der Waals surface area contributed by atoms with E-state index in [1.54, 1.807) is 0 Å². The van der Waals surface area contributed by atoms with Crippen LogP contribution in [0.25, 0.3) is 0 Å². The topological polar surface area (TPSA) is 64.3 Å². The molecule has 1 unspecified atom stereocenters. The first-order chi connectivity index (χ1) is 7.87. The van der Waals surface area contributed by atoms with Crippen LogP contribution in [-0.2, 0) is 4.74 Å². The van der Waals surface area contributed by atoms with E-state index in [1.807, 2.05) is 20.8 Å². The highest BCUT2D eigenvalue weighted by Crippen LogP contribution is 2.29. The van der Waals surface area contributed by atoms with Gasteiger partial charge in [0.1, 0.15) is 5.02 Å². The highest BCUT2D eigenvalue weighted by atomic mass is 35.5. The van der Waals surface area contributed by atoms with Crippen LogP contribution in [0.4, 0.5) is 11.8 Å². The van der Waals surface area contributed by atoms with E-state index in [0.29, 0.717) is 10.8 Å². The summed E-state index contributed by atoms with van der Waals surface area (Å²) in [7, 11) is 0. The predicted octanol–water partition coefficient (Wildman–Crippen LogP) is 1.72. The second-order valence-corrected chi connectivity index (χ2v) is 5.38. The van der Waals surface area contributed by atoms with E-state index in [4.69, 9.17) is 22.1 Å². The van der Waals surface area contributed by atoms with Crippen LogP contribution in [0.1, 0.15) is 20.8 Å². The van der Waals surface area contributed by atoms with E-state index < -0.39 is 0 Å². The monoisotopic (exact) mass is 256 g/mol. The van der Waals surface area contributed by atoms with Gasteiger partial charge in [-0.2, -0.15) is 4.98 Å². The van der Waals surface area contributed by atoms with Crippen LogP contribution in [0.3, 0.4) is 0 Å². The van der Waals surface area contributed by atoms with Crippen molar-refractivity contribution < 1.29 is 4.74 Å². The molecule has 1 aliphatic heterocycles. The first-order valence-electron chi connectivity index (χ1n) is 5.58. The molecule has 0 aliphatic carbocycles. The number of nitrogen functional groups attached to an aromatic ring is 1. The summed E-state index contributed by atoms with van der Waals surface area (Å²) in [6, 6.07) is 0. The Kier molecular flexibility index (Phi) is 3.14. The molecule has 0 spiro atoms. The van der Waals surface area contributed by atoms with Crippen molar-refractivity contribution in [3.63, 3.8) is 0 Å². The number of aromatic nitrogens is 2. The number of anilines is 2. The molecule has 0 saturated carbocycles. The van der Waals surface area contributed by atoms with Gasteiger partial charge in [-0.1, -0.05) is 11.6 Å². The molecule has 94 valence electrons. The van der Waals surface area contributed by atoms with E-state index in [9.17, 15) is 0 Å². The van der Waals surface area contributed by atoms with Crippen molar-refractivity contribution in [1.29, 1.82) is 0 Å². The third-order valence-corrected chi connectivity index (χ3v) is 2.88. The number of rotatable bonds is 1. The van der Waals surface area contributed by atoms with Crippen molar-refractivity contribution >= 4 is 23.4 Å². The first kappa shape index (κ1) is 12.4. The van der Waals surface area contributed by atoms with Gasteiger partial charge in [-0.15, -0.1) is 0 Å². The minimum atomic E-state index is -0.222. The number of hydrogen-bond donors (Lipinski definition) is 1. The second-order valence-electron chi connectivity index (χ2n) is 4.97. The number of morpholine rings is 1. The molecule has 0 amide bonds. The third-order valence-electron chi connectivity index (χ3n) is 2.61. The molecule has 0 bridgehead atoms. The molecular weight excluding hydrogens is 240 g/mol. The molecule has 1 atom stereocenters. The maximum Gasteiger partial charge on any atom is 0.222 e. The summed E-state index contributed by atoms with van der Waals surface area (Å²) in [6.45, 7) is 7.61. The van der Waals surface area contributed by atoms with E-state index in [0.717, 1.165) is 13.1 Å². The Hall–Kier alpha value is -1.07. The highest BCUT2D eigenvalue weighted by Gasteiger charge is 2.32. The Labute approximate surface area is 106 Å². The summed E-state index contributed by atoms with van der Waals surface area (Å²) < 4.78 is 5.84. The molecule has 0 radical (unpaired) electrons. The van der Waals surface area contributed by atoms with Crippen LogP contribution in [0.2, 0.25) is 5.02 Å². The van der Waals surface area contributed by atoms with Crippen LogP contribution < -0.4 is 10.6 Å². The Morgan fingerprint density at radius 3 is 2.94 bits per heavy atom. The van der Waals surface area contributed by atoms with Gasteiger partial charge in [-0.3, -0.25) is 0 Å². The summed E-state index contributed by atoms with van der Waals surface area (Å²) >= 11 is 6.11. The van der Waals surface area contributed by atoms with E-state index in [-0.39, 0.29) is 17.7 Å². The second kappa shape index (κ2) is 4.31. The smallest absolute Gasteiger partial charge is 0.222 e. The Morgan fingerprint density at radius 1 is 1.59 bits per heavy atom. The summed E-state index contributed by atoms with van der Waals surface area (Å²) in [5.74, 6) is 0.920. The highest BCUT2D eigenvalue weighted by molar-refractivity contribution is 6.32. The number of hydrogen-bond acceptors (Lipinski definition) is 5. The van der Waals surface area contributed by atoms with Gasteiger partial charge in [0, 0.05) is 13.1 Å². The summed E-state index contributed by atoms with van der Waals surface area (Å²) in [5.41, 5.74) is 5.38. The molecule has 1 aromatic rings. The molecule has 6 heteroatoms. The maximum absolute atomic E-state index is 6.11. The lowest BCUT2D eigenvalue weighted by molar-refractivity contribution is -0.0751. The van der Waals surface area contributed by atoms with E-state index >= 15 is 0 Å². The van der Waals surface area contributed by atoms with Gasteiger partial charge >= 0.3 is 0 Å². The number of halogens is 1. The lowest BCUT2D eigenvalue weighted by Gasteiger charge is -2.42. The maximum atomic E-state index is 6.11. The van der Waals surface area contributed by atoms with Crippen molar-refractivity contribution in [2.24, 2.45) is 0 Å². The minimum absolute atomic E-state index is 0.131. The standard InChI is InChI=1S/C11H17ClN4O/c1-7-5-16(6-11(2,3)17-7)9-8(12)4-14-10(13)15-9/h4,7H,5-6H2,1-3H3,(H2,13,14,15). The Balaban J connectivity index is 2.30. The molecular formula is C11H17ClN4O. The van der Waals surface area contributed by atoms with Gasteiger partial charge in [0.25, 0.3) is 0 Å². The molecule has 1 aromatic heterocycles. The van der Waals surface area contributed by atoms with Crippen molar-refractivity contribution in [3.05, 3.63) is 11.2 Å². The predicted molar refractivity (Wildman–Crippen MR) is 68.3 cm³/mol. The Morgan fingerprint density at radius 2 is 2.29 bits per heavy atom. The lowest BCUT2D eigenvalue weighted by atomic mass is 10.1. The van der Waals surface area contributed by atoms with Crippen molar-refractivity contribution in [2.75, 3.05) is 23.7 Å². The zero-order valence-corrected chi connectivity index (χ0v) is 11.0. The van der Waals surface area contributed by atoms with Crippen molar-refractivity contribution in [1.82, 2.24) is 9.97 Å². The normalized spacial score (nSPS) is 23.8. The third kappa shape index (κ3) is 2.79. The van der Waals surface area contributed by atoms with Gasteiger partial charge in [-0.25, -0.2) is 4.98 Å². The summed E-state index contributed by atoms with van der Waals surface area (Å²) in [5, 5.41) is 0.518. The largest absolute Gasteiger partial charge is 0.369 e. The van der Waals surface area contributed by atoms with Crippen LogP contribution in [0.15, 0.2) is 6.20 Å². The fraction of sp³-hybridized carbons (Fsp3) is 0.636. The van der Waals surface area contributed by atoms with Crippen molar-refractivity contribution in [2.45, 2.75) is 32.5 Å². The fourth-order valence-electron chi connectivity index (χ4n) is 2.21. The van der Waals surface area contributed by atoms with Gasteiger partial charge in [-0.05, 0) is 20.8 Å². The molecule has 1 fully saturated rings. The summed E-state index contributed by atoms with van der Waals surface area (Å²) in [6.07, 6.45) is 1.66. The molecule has 2 rings (SSSR count). The van der Waals surface area contributed by atoms with Gasteiger partial charge in [0.05, 0.1) is 17.9 Å². The van der Waals surface area contributed by atoms with Crippen LogP contribution in [0.5, 0.6) is 0 Å². The molecule has 2 N–H and O–H groups in total. The fourth-order valence-corrected chi connectivity index (χ4v) is 2.42. The van der Waals surface area contributed by atoms with Crippen molar-refractivity contribution in [3.8, 4) is 0 Å². The van der Waals surface area contributed by atoms with Gasteiger partial charge in [0.2, 0.25) is 5.95 Å². The SMILES string of the molecule is CC1CN(c2nc(N)ncc2Cl)CC(C)(C)O1. The van der Waals surface area contributed by atoms with E-state index in [1.165, 1.54) is 6.20 Å². The quantitative estimate of drug-likeness (QED) is 0.829. The summed E-state index contributed by atoms with van der Waals surface area (Å²) in [4.78, 5) is 10.2. The number of nitrogens with two attached hydrogens (primary N) is 1. The molecule has 1 aliphatic rings. The molecule has 1 saturated heterocycles. The Bertz CT molecular complexity index is 424. The zero-order chi connectivity index (χ0) is 12.6. The van der Waals surface area contributed by atoms with Gasteiger partial charge < -0.3 is 15.4 Å². The number of ether oxygens (including phenoxy) is 1.